The van der Waals surface area contributed by atoms with Gasteiger partial charge in [-0.3, -0.25) is 0 Å². The van der Waals surface area contributed by atoms with Crippen molar-refractivity contribution in [2.24, 2.45) is 0 Å². The van der Waals surface area contributed by atoms with E-state index >= 15 is 0 Å². The molecular weight excluding hydrogens is 364 g/mol. The van der Waals surface area contributed by atoms with E-state index in [-0.39, 0.29) is 0 Å². The van der Waals surface area contributed by atoms with Crippen LogP contribution in [0.4, 0.5) is 11.4 Å². The lowest BCUT2D eigenvalue weighted by Gasteiger charge is -2.23. The van der Waals surface area contributed by atoms with Crippen LogP contribution in [-0.4, -0.2) is 11.6 Å². The Balaban J connectivity index is 1.55. The number of para-hydroxylation sites is 2. The predicted molar refractivity (Wildman–Crippen MR) is 128 cm³/mol. The number of allylic oxidation sites excluding steroid dienone is 3. The number of hydrogen-bond donors (Lipinski definition) is 0. The number of fused-ring (bicyclic) bond motifs is 3. The van der Waals surface area contributed by atoms with Gasteiger partial charge in [0.2, 0.25) is 0 Å². The van der Waals surface area contributed by atoms with E-state index in [4.69, 9.17) is 0 Å². The quantitative estimate of drug-likeness (QED) is 0.391. The summed E-state index contributed by atoms with van der Waals surface area (Å²) in [5.41, 5.74) is 6.97. The Hall–Kier alpha value is -3.26. The standard InChI is InChI=1S/C28H28N2/c1-3-4-5-13-20-30-25-19-12-10-17-23(25)27-26(28(27)30)22-16-9-11-18-24(22)29(2)21-14-7-6-8-15-21/h3-9,11,14-19,26H,1,10,12-13,20H2,2H3/b5-4-. The van der Waals surface area contributed by atoms with Gasteiger partial charge in [0.1, 0.15) is 0 Å². The molecule has 1 atom stereocenters. The van der Waals surface area contributed by atoms with Gasteiger partial charge in [-0.25, -0.2) is 0 Å². The molecule has 0 radical (unpaired) electrons. The Kier molecular flexibility index (Phi) is 4.92. The molecule has 0 saturated carbocycles. The van der Waals surface area contributed by atoms with E-state index in [1.54, 1.807) is 5.56 Å². The van der Waals surface area contributed by atoms with Crippen LogP contribution in [-0.2, 0) is 6.54 Å². The zero-order chi connectivity index (χ0) is 20.5. The van der Waals surface area contributed by atoms with E-state index in [0.717, 1.165) is 25.8 Å². The van der Waals surface area contributed by atoms with Gasteiger partial charge >= 0.3 is 0 Å². The van der Waals surface area contributed by atoms with Crippen molar-refractivity contribution in [3.8, 4) is 0 Å². The summed E-state index contributed by atoms with van der Waals surface area (Å²) in [6.07, 6.45) is 14.3. The second-order valence-electron chi connectivity index (χ2n) is 8.07. The van der Waals surface area contributed by atoms with E-state index in [2.05, 4.69) is 95.9 Å². The predicted octanol–water partition coefficient (Wildman–Crippen LogP) is 5.24. The van der Waals surface area contributed by atoms with Crippen LogP contribution >= 0.6 is 0 Å². The second kappa shape index (κ2) is 7.87. The lowest BCUT2D eigenvalue weighted by atomic mass is 10.0. The van der Waals surface area contributed by atoms with Crippen LogP contribution in [0.1, 0.15) is 42.0 Å². The third-order valence-electron chi connectivity index (χ3n) is 6.30. The van der Waals surface area contributed by atoms with Crippen LogP contribution in [0.5, 0.6) is 0 Å². The van der Waals surface area contributed by atoms with Gasteiger partial charge in [-0.2, -0.15) is 0 Å². The number of aromatic nitrogens is 1. The SMILES string of the molecule is C=C/C=C\CCn1c2c(c3c1=CCCC=3)C2c1ccccc1N(C)c1ccccc1. The Labute approximate surface area is 178 Å². The number of hydrogen-bond acceptors (Lipinski definition) is 1. The van der Waals surface area contributed by atoms with E-state index in [9.17, 15) is 0 Å². The molecular formula is C28H28N2. The van der Waals surface area contributed by atoms with E-state index in [1.165, 1.54) is 33.2 Å². The van der Waals surface area contributed by atoms with Crippen molar-refractivity contribution in [2.75, 3.05) is 11.9 Å². The third-order valence-corrected chi connectivity index (χ3v) is 6.30. The molecule has 30 heavy (non-hydrogen) atoms. The molecule has 150 valence electrons. The highest BCUT2D eigenvalue weighted by Gasteiger charge is 2.42. The highest BCUT2D eigenvalue weighted by molar-refractivity contribution is 5.73. The zero-order valence-electron chi connectivity index (χ0n) is 17.6. The van der Waals surface area contributed by atoms with Crippen LogP contribution in [0.2, 0.25) is 0 Å². The molecule has 0 saturated heterocycles. The molecule has 0 bridgehead atoms. The van der Waals surface area contributed by atoms with Gasteiger partial charge in [-0.05, 0) is 53.8 Å². The highest BCUT2D eigenvalue weighted by Crippen LogP contribution is 2.49. The normalized spacial score (nSPS) is 16.4. The first-order valence-corrected chi connectivity index (χ1v) is 10.9. The Morgan fingerprint density at radius 2 is 1.80 bits per heavy atom. The fourth-order valence-corrected chi connectivity index (χ4v) is 4.87. The number of nitrogens with zero attached hydrogens (tertiary/aromatic N) is 2. The smallest absolute Gasteiger partial charge is 0.0541 e. The maximum atomic E-state index is 3.79. The fourth-order valence-electron chi connectivity index (χ4n) is 4.87. The average Bonchev–Trinajstić information content (AvgIpc) is 3.45. The van der Waals surface area contributed by atoms with Gasteiger partial charge in [-0.15, -0.1) is 0 Å². The van der Waals surface area contributed by atoms with Crippen LogP contribution < -0.4 is 15.5 Å². The molecule has 0 N–H and O–H groups in total. The molecule has 0 amide bonds. The maximum Gasteiger partial charge on any atom is 0.0541 e. The van der Waals surface area contributed by atoms with E-state index in [0.29, 0.717) is 5.92 Å². The first kappa shape index (κ1) is 18.7. The van der Waals surface area contributed by atoms with Gasteiger partial charge < -0.3 is 9.47 Å². The zero-order valence-corrected chi connectivity index (χ0v) is 17.6. The summed E-state index contributed by atoms with van der Waals surface area (Å²) in [5, 5.41) is 2.91. The summed E-state index contributed by atoms with van der Waals surface area (Å²) in [7, 11) is 2.17. The summed E-state index contributed by atoms with van der Waals surface area (Å²) in [5.74, 6) is 0.414. The van der Waals surface area contributed by atoms with Crippen LogP contribution in [0, 0.1) is 0 Å². The van der Waals surface area contributed by atoms with Crippen molar-refractivity contribution < 1.29 is 0 Å². The van der Waals surface area contributed by atoms with Crippen molar-refractivity contribution in [1.82, 2.24) is 4.57 Å². The topological polar surface area (TPSA) is 8.17 Å². The molecule has 1 aromatic heterocycles. The first-order chi connectivity index (χ1) is 14.8. The van der Waals surface area contributed by atoms with Crippen molar-refractivity contribution in [3.63, 3.8) is 0 Å². The molecule has 0 spiro atoms. The lowest BCUT2D eigenvalue weighted by Crippen LogP contribution is -2.34. The molecule has 2 aliphatic carbocycles. The minimum atomic E-state index is 0.414. The lowest BCUT2D eigenvalue weighted by molar-refractivity contribution is 0.670. The van der Waals surface area contributed by atoms with E-state index < -0.39 is 0 Å². The van der Waals surface area contributed by atoms with Crippen molar-refractivity contribution in [2.45, 2.75) is 31.7 Å². The van der Waals surface area contributed by atoms with Gasteiger partial charge in [0.15, 0.2) is 0 Å². The van der Waals surface area contributed by atoms with Crippen molar-refractivity contribution in [1.29, 1.82) is 0 Å². The van der Waals surface area contributed by atoms with Gasteiger partial charge in [0.25, 0.3) is 0 Å². The Morgan fingerprint density at radius 3 is 2.63 bits per heavy atom. The number of rotatable bonds is 7. The highest BCUT2D eigenvalue weighted by atomic mass is 15.1. The fraction of sp³-hybridized carbons (Fsp3) is 0.214. The van der Waals surface area contributed by atoms with E-state index in [1.807, 2.05) is 12.2 Å². The van der Waals surface area contributed by atoms with Gasteiger partial charge in [-0.1, -0.05) is 73.4 Å². The minimum absolute atomic E-state index is 0.414. The third kappa shape index (κ3) is 3.13. The maximum absolute atomic E-state index is 3.79. The average molecular weight is 393 g/mol. The molecule has 1 heterocycles. The van der Waals surface area contributed by atoms with Gasteiger partial charge in [0, 0.05) is 36.0 Å². The molecule has 5 rings (SSSR count). The largest absolute Gasteiger partial charge is 0.344 e. The van der Waals surface area contributed by atoms with Crippen LogP contribution in [0.15, 0.2) is 79.4 Å². The molecule has 2 heteroatoms. The van der Waals surface area contributed by atoms with Crippen LogP contribution in [0.25, 0.3) is 12.2 Å². The van der Waals surface area contributed by atoms with Crippen LogP contribution in [0.3, 0.4) is 0 Å². The monoisotopic (exact) mass is 392 g/mol. The minimum Gasteiger partial charge on any atom is -0.344 e. The van der Waals surface area contributed by atoms with Gasteiger partial charge in [0.05, 0.1) is 5.92 Å². The summed E-state index contributed by atoms with van der Waals surface area (Å²) in [4.78, 5) is 2.31. The summed E-state index contributed by atoms with van der Waals surface area (Å²) in [6, 6.07) is 19.5. The molecule has 2 aliphatic rings. The Morgan fingerprint density at radius 1 is 1.03 bits per heavy atom. The molecule has 2 aromatic carbocycles. The summed E-state index contributed by atoms with van der Waals surface area (Å²) < 4.78 is 2.57. The summed E-state index contributed by atoms with van der Waals surface area (Å²) >= 11 is 0. The number of benzene rings is 2. The molecule has 1 unspecified atom stereocenters. The van der Waals surface area contributed by atoms with Crippen molar-refractivity contribution in [3.05, 3.63) is 107 Å². The molecule has 3 aromatic rings. The Bertz CT molecular complexity index is 1230. The number of anilines is 2. The van der Waals surface area contributed by atoms with Crippen molar-refractivity contribution >= 4 is 23.5 Å². The molecule has 2 nitrogen and oxygen atoms in total. The molecule has 0 fully saturated rings. The second-order valence-corrected chi connectivity index (χ2v) is 8.07. The molecule has 0 aliphatic heterocycles. The first-order valence-electron chi connectivity index (χ1n) is 10.9. The summed E-state index contributed by atoms with van der Waals surface area (Å²) in [6.45, 7) is 4.81.